The SMILES string of the molecule is Cc1noc(C)c1CN1CCc2c(C(=O)N(C)CCc3ncon3)csc2C1. The number of hydrogen-bond acceptors (Lipinski definition) is 8. The fourth-order valence-electron chi connectivity index (χ4n) is 3.52. The monoisotopic (exact) mass is 401 g/mol. The first kappa shape index (κ1) is 18.8. The summed E-state index contributed by atoms with van der Waals surface area (Å²) in [5, 5.41) is 9.83. The van der Waals surface area contributed by atoms with Gasteiger partial charge in [0.05, 0.1) is 11.3 Å². The van der Waals surface area contributed by atoms with E-state index >= 15 is 0 Å². The molecule has 3 aromatic heterocycles. The van der Waals surface area contributed by atoms with Crippen molar-refractivity contribution in [3.8, 4) is 0 Å². The highest BCUT2D eigenvalue weighted by Crippen LogP contribution is 2.30. The third-order valence-corrected chi connectivity index (χ3v) is 6.26. The molecule has 1 amide bonds. The van der Waals surface area contributed by atoms with E-state index in [0.717, 1.165) is 48.6 Å². The largest absolute Gasteiger partial charge is 0.361 e. The van der Waals surface area contributed by atoms with Gasteiger partial charge in [0.15, 0.2) is 5.82 Å². The fraction of sp³-hybridized carbons (Fsp3) is 0.474. The molecule has 0 bridgehead atoms. The molecule has 0 atom stereocenters. The van der Waals surface area contributed by atoms with Gasteiger partial charge in [-0.25, -0.2) is 0 Å². The molecule has 0 aliphatic carbocycles. The Kier molecular flexibility index (Phi) is 5.27. The van der Waals surface area contributed by atoms with Crippen LogP contribution >= 0.6 is 11.3 Å². The average Bonchev–Trinajstić information content (AvgIpc) is 3.42. The van der Waals surface area contributed by atoms with Crippen molar-refractivity contribution < 1.29 is 13.8 Å². The second kappa shape index (κ2) is 7.84. The molecule has 148 valence electrons. The van der Waals surface area contributed by atoms with Crippen molar-refractivity contribution in [2.75, 3.05) is 20.1 Å². The topological polar surface area (TPSA) is 88.5 Å². The molecular formula is C19H23N5O3S. The van der Waals surface area contributed by atoms with Crippen LogP contribution in [0.2, 0.25) is 0 Å². The van der Waals surface area contributed by atoms with Crippen LogP contribution in [-0.2, 0) is 25.9 Å². The van der Waals surface area contributed by atoms with Gasteiger partial charge in [-0.3, -0.25) is 9.69 Å². The summed E-state index contributed by atoms with van der Waals surface area (Å²) in [6.07, 6.45) is 2.76. The minimum atomic E-state index is 0.0557. The molecule has 0 spiro atoms. The third-order valence-electron chi connectivity index (χ3n) is 5.24. The minimum absolute atomic E-state index is 0.0557. The molecule has 4 rings (SSSR count). The van der Waals surface area contributed by atoms with E-state index in [1.54, 1.807) is 16.2 Å². The second-order valence-electron chi connectivity index (χ2n) is 7.14. The fourth-order valence-corrected chi connectivity index (χ4v) is 4.64. The van der Waals surface area contributed by atoms with Gasteiger partial charge in [-0.05, 0) is 25.8 Å². The zero-order chi connectivity index (χ0) is 19.7. The molecule has 0 saturated heterocycles. The summed E-state index contributed by atoms with van der Waals surface area (Å²) in [6, 6.07) is 0. The highest BCUT2D eigenvalue weighted by molar-refractivity contribution is 7.10. The van der Waals surface area contributed by atoms with Gasteiger partial charge in [0.1, 0.15) is 5.76 Å². The molecular weight excluding hydrogens is 378 g/mol. The Labute approximate surface area is 167 Å². The summed E-state index contributed by atoms with van der Waals surface area (Å²) in [6.45, 7) is 7.09. The van der Waals surface area contributed by atoms with Gasteiger partial charge in [-0.15, -0.1) is 11.3 Å². The van der Waals surface area contributed by atoms with Gasteiger partial charge in [-0.2, -0.15) is 4.98 Å². The standard InChI is InChI=1S/C19H23N5O3S/c1-12-15(13(2)27-21-12)8-24-7-4-14-16(10-28-17(14)9-24)19(25)23(3)6-5-18-20-11-26-22-18/h10-11H,4-9H2,1-3H3. The number of rotatable bonds is 6. The van der Waals surface area contributed by atoms with Crippen LogP contribution in [0.3, 0.4) is 0 Å². The summed E-state index contributed by atoms with van der Waals surface area (Å²) in [7, 11) is 1.82. The highest BCUT2D eigenvalue weighted by atomic mass is 32.1. The van der Waals surface area contributed by atoms with Crippen LogP contribution in [-0.4, -0.2) is 51.1 Å². The number of carbonyl (C=O) groups excluding carboxylic acids is 1. The maximum atomic E-state index is 12.9. The van der Waals surface area contributed by atoms with E-state index in [9.17, 15) is 4.79 Å². The number of aromatic nitrogens is 3. The molecule has 0 N–H and O–H groups in total. The number of thiophene rings is 1. The average molecular weight is 401 g/mol. The van der Waals surface area contributed by atoms with Crippen LogP contribution in [0.5, 0.6) is 0 Å². The van der Waals surface area contributed by atoms with Crippen LogP contribution in [0.25, 0.3) is 0 Å². The lowest BCUT2D eigenvalue weighted by Gasteiger charge is -2.27. The van der Waals surface area contributed by atoms with Crippen molar-refractivity contribution in [3.63, 3.8) is 0 Å². The van der Waals surface area contributed by atoms with Crippen molar-refractivity contribution in [1.82, 2.24) is 25.1 Å². The number of carbonyl (C=O) groups is 1. The van der Waals surface area contributed by atoms with E-state index in [1.807, 2.05) is 26.3 Å². The van der Waals surface area contributed by atoms with Crippen molar-refractivity contribution in [1.29, 1.82) is 0 Å². The molecule has 9 heteroatoms. The Hall–Kier alpha value is -2.52. The molecule has 0 aromatic carbocycles. The van der Waals surface area contributed by atoms with Crippen LogP contribution in [0.15, 0.2) is 20.8 Å². The Morgan fingerprint density at radius 1 is 1.36 bits per heavy atom. The van der Waals surface area contributed by atoms with Crippen molar-refractivity contribution in [2.45, 2.75) is 39.8 Å². The van der Waals surface area contributed by atoms with Crippen LogP contribution < -0.4 is 0 Å². The highest BCUT2D eigenvalue weighted by Gasteiger charge is 2.26. The first-order chi connectivity index (χ1) is 13.5. The summed E-state index contributed by atoms with van der Waals surface area (Å²) >= 11 is 1.67. The summed E-state index contributed by atoms with van der Waals surface area (Å²) in [5.74, 6) is 1.55. The Morgan fingerprint density at radius 2 is 2.21 bits per heavy atom. The van der Waals surface area contributed by atoms with Gasteiger partial charge >= 0.3 is 0 Å². The summed E-state index contributed by atoms with van der Waals surface area (Å²) in [5.41, 5.74) is 4.13. The minimum Gasteiger partial charge on any atom is -0.361 e. The number of likely N-dealkylation sites (N-methyl/N-ethyl adjacent to an activating group) is 1. The van der Waals surface area contributed by atoms with E-state index in [1.165, 1.54) is 16.8 Å². The molecule has 8 nitrogen and oxygen atoms in total. The normalized spacial score (nSPS) is 14.2. The van der Waals surface area contributed by atoms with Gasteiger partial charge in [0, 0.05) is 55.5 Å². The van der Waals surface area contributed by atoms with Crippen molar-refractivity contribution in [2.24, 2.45) is 0 Å². The van der Waals surface area contributed by atoms with E-state index in [-0.39, 0.29) is 5.91 Å². The zero-order valence-electron chi connectivity index (χ0n) is 16.3. The molecule has 0 radical (unpaired) electrons. The molecule has 1 aliphatic heterocycles. The summed E-state index contributed by atoms with van der Waals surface area (Å²) in [4.78, 5) is 22.3. The van der Waals surface area contributed by atoms with Gasteiger partial charge in [-0.1, -0.05) is 10.3 Å². The van der Waals surface area contributed by atoms with Crippen molar-refractivity contribution in [3.05, 3.63) is 50.6 Å². The van der Waals surface area contributed by atoms with Gasteiger partial charge in [0.2, 0.25) is 6.39 Å². The van der Waals surface area contributed by atoms with E-state index < -0.39 is 0 Å². The molecule has 0 unspecified atom stereocenters. The van der Waals surface area contributed by atoms with Crippen LogP contribution in [0.4, 0.5) is 0 Å². The first-order valence-electron chi connectivity index (χ1n) is 9.27. The van der Waals surface area contributed by atoms with E-state index in [0.29, 0.717) is 18.8 Å². The number of hydrogen-bond donors (Lipinski definition) is 0. The zero-order valence-corrected chi connectivity index (χ0v) is 17.1. The third kappa shape index (κ3) is 3.72. The lowest BCUT2D eigenvalue weighted by Crippen LogP contribution is -2.32. The molecule has 0 fully saturated rings. The first-order valence-corrected chi connectivity index (χ1v) is 10.1. The quantitative estimate of drug-likeness (QED) is 0.627. The number of fused-ring (bicyclic) bond motifs is 1. The molecule has 28 heavy (non-hydrogen) atoms. The predicted molar refractivity (Wildman–Crippen MR) is 103 cm³/mol. The Morgan fingerprint density at radius 3 is 2.93 bits per heavy atom. The van der Waals surface area contributed by atoms with Crippen LogP contribution in [0, 0.1) is 13.8 Å². The summed E-state index contributed by atoms with van der Waals surface area (Å²) < 4.78 is 10.0. The number of amides is 1. The van der Waals surface area contributed by atoms with Crippen molar-refractivity contribution >= 4 is 17.2 Å². The maximum absolute atomic E-state index is 12.9. The van der Waals surface area contributed by atoms with E-state index in [4.69, 9.17) is 9.05 Å². The van der Waals surface area contributed by atoms with Gasteiger partial charge in [0.25, 0.3) is 5.91 Å². The maximum Gasteiger partial charge on any atom is 0.254 e. The predicted octanol–water partition coefficient (Wildman–Crippen LogP) is 2.61. The molecule has 1 aliphatic rings. The Balaban J connectivity index is 1.41. The van der Waals surface area contributed by atoms with E-state index in [2.05, 4.69) is 20.2 Å². The number of aryl methyl sites for hydroxylation is 2. The second-order valence-corrected chi connectivity index (χ2v) is 8.10. The molecule has 4 heterocycles. The lowest BCUT2D eigenvalue weighted by atomic mass is 10.0. The number of nitrogens with zero attached hydrogens (tertiary/aromatic N) is 5. The Bertz CT molecular complexity index is 943. The molecule has 3 aromatic rings. The van der Waals surface area contributed by atoms with Gasteiger partial charge < -0.3 is 13.9 Å². The smallest absolute Gasteiger partial charge is 0.254 e. The van der Waals surface area contributed by atoms with Crippen LogP contribution in [0.1, 0.15) is 43.6 Å². The lowest BCUT2D eigenvalue weighted by molar-refractivity contribution is 0.0794. The molecule has 0 saturated carbocycles.